The third-order valence-electron chi connectivity index (χ3n) is 3.29. The molecule has 1 aromatic heterocycles. The second-order valence-electron chi connectivity index (χ2n) is 4.97. The first-order chi connectivity index (χ1) is 9.74. The van der Waals surface area contributed by atoms with E-state index in [1.807, 2.05) is 0 Å². The van der Waals surface area contributed by atoms with Gasteiger partial charge in [0.1, 0.15) is 0 Å². The molecule has 106 valence electrons. The van der Waals surface area contributed by atoms with Gasteiger partial charge in [0.15, 0.2) is 11.6 Å². The molecule has 0 bridgehead atoms. The van der Waals surface area contributed by atoms with Crippen molar-refractivity contribution in [2.75, 3.05) is 12.4 Å². The van der Waals surface area contributed by atoms with Gasteiger partial charge >= 0.3 is 6.01 Å². The van der Waals surface area contributed by atoms with Gasteiger partial charge in [-0.15, -0.1) is 5.10 Å². The molecule has 1 saturated carbocycles. The Morgan fingerprint density at radius 1 is 1.40 bits per heavy atom. The molecule has 0 amide bonds. The quantitative estimate of drug-likeness (QED) is 0.879. The first-order valence-corrected chi connectivity index (χ1v) is 6.63. The summed E-state index contributed by atoms with van der Waals surface area (Å²) in [5.41, 5.74) is 0.783. The van der Waals surface area contributed by atoms with E-state index < -0.39 is 0 Å². The summed E-state index contributed by atoms with van der Waals surface area (Å²) in [7, 11) is 1.44. The number of ether oxygens (including phenoxy) is 1. The van der Waals surface area contributed by atoms with Crippen LogP contribution in [0.15, 0.2) is 22.6 Å². The minimum Gasteiger partial charge on any atom is -0.494 e. The number of nitrogens with one attached hydrogen (secondary N) is 1. The van der Waals surface area contributed by atoms with Gasteiger partial charge in [-0.2, -0.15) is 0 Å². The fraction of sp³-hybridized carbons (Fsp3) is 0.429. The molecule has 1 aromatic carbocycles. The Morgan fingerprint density at radius 2 is 2.25 bits per heavy atom. The molecule has 0 spiro atoms. The molecule has 2 aromatic rings. The first kappa shape index (κ1) is 12.9. The van der Waals surface area contributed by atoms with E-state index in [2.05, 4.69) is 15.5 Å². The normalized spacial score (nSPS) is 14.3. The van der Waals surface area contributed by atoms with Crippen LogP contribution in [0.4, 0.5) is 10.4 Å². The van der Waals surface area contributed by atoms with Crippen molar-refractivity contribution < 1.29 is 13.5 Å². The number of halogens is 1. The molecular formula is C14H16FN3O2. The minimum absolute atomic E-state index is 0.234. The molecule has 0 aliphatic heterocycles. The van der Waals surface area contributed by atoms with E-state index in [0.29, 0.717) is 24.4 Å². The summed E-state index contributed by atoms with van der Waals surface area (Å²) < 4.78 is 23.9. The highest BCUT2D eigenvalue weighted by molar-refractivity contribution is 5.31. The lowest BCUT2D eigenvalue weighted by Gasteiger charge is -2.05. The average molecular weight is 277 g/mol. The zero-order valence-electron chi connectivity index (χ0n) is 11.2. The average Bonchev–Trinajstić information content (AvgIpc) is 3.14. The SMILES string of the molecule is COc1ccc(CNc2nnc(CC3CC3)o2)cc1F. The maximum atomic E-state index is 13.5. The second-order valence-corrected chi connectivity index (χ2v) is 4.97. The van der Waals surface area contributed by atoms with E-state index in [9.17, 15) is 4.39 Å². The third kappa shape index (κ3) is 3.07. The zero-order chi connectivity index (χ0) is 13.9. The van der Waals surface area contributed by atoms with E-state index in [-0.39, 0.29) is 11.6 Å². The van der Waals surface area contributed by atoms with E-state index in [4.69, 9.17) is 9.15 Å². The predicted octanol–water partition coefficient (Wildman–Crippen LogP) is 2.78. The van der Waals surface area contributed by atoms with Crippen LogP contribution in [0.25, 0.3) is 0 Å². The van der Waals surface area contributed by atoms with Crippen molar-refractivity contribution >= 4 is 6.01 Å². The summed E-state index contributed by atoms with van der Waals surface area (Å²) in [6, 6.07) is 5.18. The smallest absolute Gasteiger partial charge is 0.315 e. The van der Waals surface area contributed by atoms with Gasteiger partial charge in [-0.25, -0.2) is 4.39 Å². The fourth-order valence-corrected chi connectivity index (χ4v) is 1.97. The molecule has 0 atom stereocenters. The molecule has 1 fully saturated rings. The highest BCUT2D eigenvalue weighted by Crippen LogP contribution is 2.32. The van der Waals surface area contributed by atoms with Gasteiger partial charge in [0.25, 0.3) is 0 Å². The van der Waals surface area contributed by atoms with Crippen LogP contribution >= 0.6 is 0 Å². The lowest BCUT2D eigenvalue weighted by molar-refractivity contribution is 0.386. The van der Waals surface area contributed by atoms with Crippen LogP contribution in [0, 0.1) is 11.7 Å². The molecular weight excluding hydrogens is 261 g/mol. The van der Waals surface area contributed by atoms with Gasteiger partial charge < -0.3 is 14.5 Å². The van der Waals surface area contributed by atoms with Gasteiger partial charge in [0.05, 0.1) is 7.11 Å². The summed E-state index contributed by atoms with van der Waals surface area (Å²) in [6.45, 7) is 0.423. The lowest BCUT2D eigenvalue weighted by atomic mass is 10.2. The Balaban J connectivity index is 1.58. The summed E-state index contributed by atoms with van der Waals surface area (Å²) in [4.78, 5) is 0. The van der Waals surface area contributed by atoms with E-state index in [1.54, 1.807) is 12.1 Å². The minimum atomic E-state index is -0.383. The van der Waals surface area contributed by atoms with Crippen LogP contribution in [0.1, 0.15) is 24.3 Å². The van der Waals surface area contributed by atoms with Crippen LogP contribution < -0.4 is 10.1 Å². The monoisotopic (exact) mass is 277 g/mol. The highest BCUT2D eigenvalue weighted by atomic mass is 19.1. The van der Waals surface area contributed by atoms with Crippen molar-refractivity contribution in [2.24, 2.45) is 5.92 Å². The Morgan fingerprint density at radius 3 is 2.95 bits per heavy atom. The van der Waals surface area contributed by atoms with Gasteiger partial charge in [-0.3, -0.25) is 0 Å². The summed E-state index contributed by atoms with van der Waals surface area (Å²) in [6.07, 6.45) is 3.35. The number of rotatable bonds is 6. The zero-order valence-corrected chi connectivity index (χ0v) is 11.2. The maximum Gasteiger partial charge on any atom is 0.315 e. The van der Waals surface area contributed by atoms with Crippen LogP contribution in [0.2, 0.25) is 0 Å². The van der Waals surface area contributed by atoms with E-state index >= 15 is 0 Å². The van der Waals surface area contributed by atoms with Crippen LogP contribution in [-0.4, -0.2) is 17.3 Å². The fourth-order valence-electron chi connectivity index (χ4n) is 1.97. The third-order valence-corrected chi connectivity index (χ3v) is 3.29. The molecule has 3 rings (SSSR count). The molecule has 6 heteroatoms. The highest BCUT2D eigenvalue weighted by Gasteiger charge is 2.24. The Labute approximate surface area is 116 Å². The Bertz CT molecular complexity index is 596. The van der Waals surface area contributed by atoms with Gasteiger partial charge in [-0.05, 0) is 36.5 Å². The van der Waals surface area contributed by atoms with Crippen molar-refractivity contribution in [3.8, 4) is 5.75 Å². The number of hydrogen-bond donors (Lipinski definition) is 1. The van der Waals surface area contributed by atoms with Gasteiger partial charge in [0, 0.05) is 13.0 Å². The van der Waals surface area contributed by atoms with Crippen LogP contribution in [0.5, 0.6) is 5.75 Å². The number of aromatic nitrogens is 2. The molecule has 1 heterocycles. The predicted molar refractivity (Wildman–Crippen MR) is 71.0 cm³/mol. The number of hydrogen-bond acceptors (Lipinski definition) is 5. The first-order valence-electron chi connectivity index (χ1n) is 6.63. The molecule has 5 nitrogen and oxygen atoms in total. The van der Waals surface area contributed by atoms with Crippen LogP contribution in [-0.2, 0) is 13.0 Å². The summed E-state index contributed by atoms with van der Waals surface area (Å²) in [5, 5.41) is 10.9. The molecule has 0 saturated heterocycles. The molecule has 1 aliphatic carbocycles. The molecule has 1 aliphatic rings. The summed E-state index contributed by atoms with van der Waals surface area (Å²) >= 11 is 0. The summed E-state index contributed by atoms with van der Waals surface area (Å²) in [5.74, 6) is 1.22. The molecule has 0 unspecified atom stereocenters. The maximum absolute atomic E-state index is 13.5. The Hall–Kier alpha value is -2.11. The Kier molecular flexibility index (Phi) is 3.54. The van der Waals surface area contributed by atoms with Crippen LogP contribution in [0.3, 0.4) is 0 Å². The molecule has 20 heavy (non-hydrogen) atoms. The van der Waals surface area contributed by atoms with E-state index in [0.717, 1.165) is 12.0 Å². The van der Waals surface area contributed by atoms with Gasteiger partial charge in [0.2, 0.25) is 5.89 Å². The van der Waals surface area contributed by atoms with Gasteiger partial charge in [-0.1, -0.05) is 11.2 Å². The van der Waals surface area contributed by atoms with Crippen molar-refractivity contribution in [1.29, 1.82) is 0 Å². The van der Waals surface area contributed by atoms with E-state index in [1.165, 1.54) is 26.0 Å². The van der Waals surface area contributed by atoms with Crippen molar-refractivity contribution in [2.45, 2.75) is 25.8 Å². The number of nitrogens with zero attached hydrogens (tertiary/aromatic N) is 2. The molecule has 0 radical (unpaired) electrons. The topological polar surface area (TPSA) is 60.2 Å². The number of benzene rings is 1. The number of methoxy groups -OCH3 is 1. The van der Waals surface area contributed by atoms with Crippen molar-refractivity contribution in [3.63, 3.8) is 0 Å². The lowest BCUT2D eigenvalue weighted by Crippen LogP contribution is -2.00. The number of anilines is 1. The largest absolute Gasteiger partial charge is 0.494 e. The second kappa shape index (κ2) is 5.48. The van der Waals surface area contributed by atoms with Crippen molar-refractivity contribution in [1.82, 2.24) is 10.2 Å². The standard InChI is InChI=1S/C14H16FN3O2/c1-19-12-5-4-10(6-11(12)15)8-16-14-18-17-13(20-14)7-9-2-3-9/h4-6,9H,2-3,7-8H2,1H3,(H,16,18). The van der Waals surface area contributed by atoms with Crippen molar-refractivity contribution in [3.05, 3.63) is 35.5 Å². The molecule has 1 N–H and O–H groups in total.